The molecule has 1 saturated heterocycles. The third kappa shape index (κ3) is 4.73. The number of fused-ring (bicyclic) bond motifs is 1. The Labute approximate surface area is 187 Å². The molecule has 0 aliphatic carbocycles. The molecule has 1 aliphatic rings. The van der Waals surface area contributed by atoms with Crippen molar-refractivity contribution in [2.75, 3.05) is 33.4 Å². The van der Waals surface area contributed by atoms with Gasteiger partial charge in [0.2, 0.25) is 0 Å². The number of H-pyrrole nitrogens is 1. The fourth-order valence-corrected chi connectivity index (χ4v) is 4.52. The number of piperidine rings is 1. The normalized spacial score (nSPS) is 14.7. The van der Waals surface area contributed by atoms with Gasteiger partial charge in [-0.1, -0.05) is 36.2 Å². The molecule has 31 heavy (non-hydrogen) atoms. The van der Waals surface area contributed by atoms with Crippen LogP contribution in [-0.2, 0) is 0 Å². The van der Waals surface area contributed by atoms with Gasteiger partial charge in [0, 0.05) is 17.5 Å². The SMILES string of the molecule is COc1cc(-c2[nH]c(=O)c3cccc(C)c3c2OCCCN2CCCCC2)ccc1Cl. The van der Waals surface area contributed by atoms with Crippen LogP contribution in [0.5, 0.6) is 11.5 Å². The van der Waals surface area contributed by atoms with Crippen molar-refractivity contribution in [1.82, 2.24) is 9.88 Å². The second kappa shape index (κ2) is 9.75. The predicted octanol–water partition coefficient (Wildman–Crippen LogP) is 5.42. The van der Waals surface area contributed by atoms with Crippen molar-refractivity contribution in [1.29, 1.82) is 0 Å². The van der Waals surface area contributed by atoms with Crippen molar-refractivity contribution in [3.05, 3.63) is 57.3 Å². The van der Waals surface area contributed by atoms with Gasteiger partial charge in [-0.3, -0.25) is 4.79 Å². The van der Waals surface area contributed by atoms with Crippen LogP contribution in [0.4, 0.5) is 0 Å². The van der Waals surface area contributed by atoms with Crippen molar-refractivity contribution in [2.45, 2.75) is 32.6 Å². The lowest BCUT2D eigenvalue weighted by Gasteiger charge is -2.26. The largest absolute Gasteiger partial charge is 0.495 e. The number of halogens is 1. The molecule has 1 aliphatic heterocycles. The molecule has 0 atom stereocenters. The van der Waals surface area contributed by atoms with E-state index < -0.39 is 0 Å². The summed E-state index contributed by atoms with van der Waals surface area (Å²) >= 11 is 6.22. The first kappa shape index (κ1) is 21.7. The van der Waals surface area contributed by atoms with Crippen molar-refractivity contribution >= 4 is 22.4 Å². The molecular weight excluding hydrogens is 412 g/mol. The number of rotatable bonds is 7. The Bertz CT molecular complexity index is 1120. The second-order valence-electron chi connectivity index (χ2n) is 8.11. The number of likely N-dealkylation sites (tertiary alicyclic amines) is 1. The molecule has 6 heteroatoms. The summed E-state index contributed by atoms with van der Waals surface area (Å²) in [5.41, 5.74) is 2.33. The van der Waals surface area contributed by atoms with Gasteiger partial charge in [-0.15, -0.1) is 0 Å². The average Bonchev–Trinajstić information content (AvgIpc) is 2.79. The van der Waals surface area contributed by atoms with E-state index in [-0.39, 0.29) is 5.56 Å². The topological polar surface area (TPSA) is 54.6 Å². The van der Waals surface area contributed by atoms with Crippen LogP contribution in [0.1, 0.15) is 31.2 Å². The van der Waals surface area contributed by atoms with Gasteiger partial charge >= 0.3 is 0 Å². The lowest BCUT2D eigenvalue weighted by Crippen LogP contribution is -2.31. The summed E-state index contributed by atoms with van der Waals surface area (Å²) in [6, 6.07) is 11.2. The number of nitrogens with zero attached hydrogens (tertiary/aromatic N) is 1. The quantitative estimate of drug-likeness (QED) is 0.498. The summed E-state index contributed by atoms with van der Waals surface area (Å²) in [5.74, 6) is 1.26. The van der Waals surface area contributed by atoms with Gasteiger partial charge in [0.1, 0.15) is 5.75 Å². The maximum Gasteiger partial charge on any atom is 0.256 e. The number of pyridine rings is 1. The molecule has 0 spiro atoms. The van der Waals surface area contributed by atoms with Crippen LogP contribution in [0.15, 0.2) is 41.2 Å². The van der Waals surface area contributed by atoms with Gasteiger partial charge in [0.25, 0.3) is 5.56 Å². The van der Waals surface area contributed by atoms with Gasteiger partial charge in [-0.2, -0.15) is 0 Å². The zero-order valence-corrected chi connectivity index (χ0v) is 18.9. The van der Waals surface area contributed by atoms with E-state index >= 15 is 0 Å². The number of benzene rings is 2. The predicted molar refractivity (Wildman–Crippen MR) is 127 cm³/mol. The van der Waals surface area contributed by atoms with E-state index in [1.54, 1.807) is 13.2 Å². The molecule has 164 valence electrons. The van der Waals surface area contributed by atoms with Crippen molar-refractivity contribution < 1.29 is 9.47 Å². The van der Waals surface area contributed by atoms with E-state index in [0.717, 1.165) is 29.5 Å². The molecule has 1 aromatic heterocycles. The summed E-state index contributed by atoms with van der Waals surface area (Å²) in [6.07, 6.45) is 4.85. The van der Waals surface area contributed by atoms with E-state index in [1.807, 2.05) is 37.3 Å². The van der Waals surface area contributed by atoms with E-state index in [4.69, 9.17) is 21.1 Å². The zero-order chi connectivity index (χ0) is 21.8. The van der Waals surface area contributed by atoms with E-state index in [0.29, 0.717) is 34.2 Å². The monoisotopic (exact) mass is 440 g/mol. The number of hydrogen-bond donors (Lipinski definition) is 1. The number of aryl methyl sites for hydroxylation is 1. The van der Waals surface area contributed by atoms with E-state index in [1.165, 1.54) is 32.4 Å². The smallest absolute Gasteiger partial charge is 0.256 e. The Morgan fingerprint density at radius 1 is 1.13 bits per heavy atom. The van der Waals surface area contributed by atoms with Crippen molar-refractivity contribution in [3.63, 3.8) is 0 Å². The lowest BCUT2D eigenvalue weighted by molar-refractivity contribution is 0.205. The minimum Gasteiger partial charge on any atom is -0.495 e. The number of methoxy groups -OCH3 is 1. The molecular formula is C25H29ClN2O3. The standard InChI is InChI=1S/C25H29ClN2O3/c1-17-8-6-9-19-22(17)24(31-15-7-14-28-12-4-3-5-13-28)23(27-25(19)29)18-10-11-20(26)21(16-18)30-2/h6,8-11,16H,3-5,7,12-15H2,1-2H3,(H,27,29). The number of nitrogens with one attached hydrogen (secondary N) is 1. The molecule has 0 radical (unpaired) electrons. The summed E-state index contributed by atoms with van der Waals surface area (Å²) < 4.78 is 11.7. The number of hydrogen-bond acceptors (Lipinski definition) is 4. The third-order valence-electron chi connectivity index (χ3n) is 5.96. The Balaban J connectivity index is 1.69. The zero-order valence-electron chi connectivity index (χ0n) is 18.2. The molecule has 0 unspecified atom stereocenters. The Morgan fingerprint density at radius 2 is 1.94 bits per heavy atom. The first-order valence-electron chi connectivity index (χ1n) is 10.9. The highest BCUT2D eigenvalue weighted by atomic mass is 35.5. The highest BCUT2D eigenvalue weighted by Gasteiger charge is 2.18. The van der Waals surface area contributed by atoms with Crippen LogP contribution in [0, 0.1) is 6.92 Å². The summed E-state index contributed by atoms with van der Waals surface area (Å²) in [6.45, 7) is 5.98. The Hall–Kier alpha value is -2.50. The Kier molecular flexibility index (Phi) is 6.83. The summed E-state index contributed by atoms with van der Waals surface area (Å²) in [4.78, 5) is 18.4. The van der Waals surface area contributed by atoms with E-state index in [9.17, 15) is 4.79 Å². The maximum absolute atomic E-state index is 12.9. The van der Waals surface area contributed by atoms with Gasteiger partial charge < -0.3 is 19.4 Å². The summed E-state index contributed by atoms with van der Waals surface area (Å²) in [5, 5.41) is 2.01. The van der Waals surface area contributed by atoms with Gasteiger partial charge in [-0.25, -0.2) is 0 Å². The lowest BCUT2D eigenvalue weighted by atomic mass is 10.0. The fourth-order valence-electron chi connectivity index (χ4n) is 4.33. The molecule has 0 bridgehead atoms. The van der Waals surface area contributed by atoms with Gasteiger partial charge in [-0.05, 0) is 63.0 Å². The highest BCUT2D eigenvalue weighted by Crippen LogP contribution is 2.38. The minimum atomic E-state index is -0.136. The van der Waals surface area contributed by atoms with Gasteiger partial charge in [0.15, 0.2) is 5.75 Å². The first-order chi connectivity index (χ1) is 15.1. The van der Waals surface area contributed by atoms with Crippen LogP contribution in [0.2, 0.25) is 5.02 Å². The Morgan fingerprint density at radius 3 is 2.71 bits per heavy atom. The van der Waals surface area contributed by atoms with Crippen LogP contribution in [0.25, 0.3) is 22.0 Å². The maximum atomic E-state index is 12.9. The van der Waals surface area contributed by atoms with Crippen molar-refractivity contribution in [2.24, 2.45) is 0 Å². The molecule has 4 rings (SSSR count). The van der Waals surface area contributed by atoms with Crippen LogP contribution in [-0.4, -0.2) is 43.2 Å². The molecule has 2 heterocycles. The van der Waals surface area contributed by atoms with Crippen LogP contribution < -0.4 is 15.0 Å². The number of aromatic amines is 1. The second-order valence-corrected chi connectivity index (χ2v) is 8.52. The van der Waals surface area contributed by atoms with E-state index in [2.05, 4.69) is 9.88 Å². The fraction of sp³-hybridized carbons (Fsp3) is 0.400. The van der Waals surface area contributed by atoms with Crippen LogP contribution in [0.3, 0.4) is 0 Å². The molecule has 0 saturated carbocycles. The molecule has 3 aromatic rings. The molecule has 0 amide bonds. The summed E-state index contributed by atoms with van der Waals surface area (Å²) in [7, 11) is 1.58. The number of aromatic nitrogens is 1. The van der Waals surface area contributed by atoms with Gasteiger partial charge in [0.05, 0.1) is 29.8 Å². The molecule has 5 nitrogen and oxygen atoms in total. The first-order valence-corrected chi connectivity index (χ1v) is 11.3. The molecule has 1 N–H and O–H groups in total. The number of ether oxygens (including phenoxy) is 2. The highest BCUT2D eigenvalue weighted by molar-refractivity contribution is 6.32. The van der Waals surface area contributed by atoms with Crippen molar-refractivity contribution in [3.8, 4) is 22.8 Å². The van der Waals surface area contributed by atoms with Crippen LogP contribution >= 0.6 is 11.6 Å². The average molecular weight is 441 g/mol. The third-order valence-corrected chi connectivity index (χ3v) is 6.28. The molecule has 2 aromatic carbocycles. The molecule has 1 fully saturated rings. The minimum absolute atomic E-state index is 0.136.